The molecule has 0 aliphatic carbocycles. The lowest BCUT2D eigenvalue weighted by Crippen LogP contribution is -2.40. The second-order valence-corrected chi connectivity index (χ2v) is 11.0. The highest BCUT2D eigenvalue weighted by molar-refractivity contribution is 8.00. The van der Waals surface area contributed by atoms with Crippen LogP contribution in [-0.4, -0.2) is 48.0 Å². The van der Waals surface area contributed by atoms with Crippen molar-refractivity contribution in [2.45, 2.75) is 63.1 Å². The first-order chi connectivity index (χ1) is 15.9. The molecule has 2 unspecified atom stereocenters. The van der Waals surface area contributed by atoms with Gasteiger partial charge in [0, 0.05) is 13.1 Å². The fourth-order valence-corrected chi connectivity index (χ4v) is 5.86. The maximum absolute atomic E-state index is 15.3. The zero-order valence-corrected chi connectivity index (χ0v) is 21.2. The number of nitrogens with zero attached hydrogens (tertiary/aromatic N) is 2. The SMILES string of the molecule is CCOC(=O)c1c2n(c3c(Cl)c(N4CCC(NC(=O)OC(C)(C)C)C4)c(F)cc3c1=O)C(C)S2. The van der Waals surface area contributed by atoms with E-state index in [1.165, 1.54) is 11.8 Å². The molecule has 2 aromatic rings. The number of carbonyl (C=O) groups excluding carboxylic acids is 2. The van der Waals surface area contributed by atoms with Crippen molar-refractivity contribution < 1.29 is 23.5 Å². The minimum Gasteiger partial charge on any atom is -0.462 e. The van der Waals surface area contributed by atoms with Crippen LogP contribution in [0.3, 0.4) is 0 Å². The molecule has 2 aliphatic rings. The molecular formula is C23H27ClFN3O5S. The number of halogens is 2. The van der Waals surface area contributed by atoms with E-state index in [2.05, 4.69) is 5.32 Å². The topological polar surface area (TPSA) is 89.9 Å². The van der Waals surface area contributed by atoms with Crippen LogP contribution in [0.4, 0.5) is 14.9 Å². The van der Waals surface area contributed by atoms with Gasteiger partial charge in [0.2, 0.25) is 5.43 Å². The average Bonchev–Trinajstić information content (AvgIpc) is 3.15. The van der Waals surface area contributed by atoms with Gasteiger partial charge in [0.25, 0.3) is 0 Å². The van der Waals surface area contributed by atoms with Gasteiger partial charge in [-0.15, -0.1) is 0 Å². The maximum atomic E-state index is 15.3. The Hall–Kier alpha value is -2.46. The summed E-state index contributed by atoms with van der Waals surface area (Å²) < 4.78 is 27.5. The normalized spacial score (nSPS) is 19.6. The number of thioether (sulfide) groups is 1. The zero-order chi connectivity index (χ0) is 24.9. The number of nitrogens with one attached hydrogen (secondary N) is 1. The molecule has 11 heteroatoms. The lowest BCUT2D eigenvalue weighted by molar-refractivity contribution is 0.0502. The molecule has 0 saturated carbocycles. The number of hydrogen-bond acceptors (Lipinski definition) is 7. The molecule has 1 aromatic carbocycles. The summed E-state index contributed by atoms with van der Waals surface area (Å²) in [7, 11) is 0. The Morgan fingerprint density at radius 3 is 2.68 bits per heavy atom. The molecule has 0 spiro atoms. The van der Waals surface area contributed by atoms with Crippen molar-refractivity contribution >= 4 is 52.0 Å². The third kappa shape index (κ3) is 4.33. The van der Waals surface area contributed by atoms with Crippen LogP contribution in [0.5, 0.6) is 0 Å². The second kappa shape index (κ2) is 8.96. The summed E-state index contributed by atoms with van der Waals surface area (Å²) in [6.45, 7) is 9.83. The van der Waals surface area contributed by atoms with E-state index in [4.69, 9.17) is 21.1 Å². The fraction of sp³-hybridized carbons (Fsp3) is 0.522. The van der Waals surface area contributed by atoms with Crippen LogP contribution >= 0.6 is 23.4 Å². The van der Waals surface area contributed by atoms with E-state index in [0.717, 1.165) is 6.07 Å². The lowest BCUT2D eigenvalue weighted by Gasteiger charge is -2.34. The molecule has 0 bridgehead atoms. The number of pyridine rings is 1. The Kier molecular flexibility index (Phi) is 6.50. The molecule has 2 aliphatic heterocycles. The van der Waals surface area contributed by atoms with Crippen LogP contribution in [0.15, 0.2) is 15.9 Å². The number of benzene rings is 1. The molecule has 8 nitrogen and oxygen atoms in total. The lowest BCUT2D eigenvalue weighted by atomic mass is 10.1. The van der Waals surface area contributed by atoms with Gasteiger partial charge in [0.1, 0.15) is 17.0 Å². The third-order valence-electron chi connectivity index (χ3n) is 5.66. The molecule has 34 heavy (non-hydrogen) atoms. The summed E-state index contributed by atoms with van der Waals surface area (Å²) >= 11 is 8.09. The summed E-state index contributed by atoms with van der Waals surface area (Å²) in [5, 5.41) is 3.32. The highest BCUT2D eigenvalue weighted by atomic mass is 35.5. The number of anilines is 1. The Balaban J connectivity index is 1.71. The van der Waals surface area contributed by atoms with Gasteiger partial charge in [-0.05, 0) is 47.1 Å². The monoisotopic (exact) mass is 511 g/mol. The van der Waals surface area contributed by atoms with Gasteiger partial charge >= 0.3 is 12.1 Å². The smallest absolute Gasteiger partial charge is 0.407 e. The van der Waals surface area contributed by atoms with Crippen LogP contribution in [0, 0.1) is 5.82 Å². The largest absolute Gasteiger partial charge is 0.462 e. The van der Waals surface area contributed by atoms with E-state index in [0.29, 0.717) is 30.1 Å². The van der Waals surface area contributed by atoms with E-state index in [1.807, 2.05) is 6.92 Å². The number of ether oxygens (including phenoxy) is 2. The van der Waals surface area contributed by atoms with Crippen molar-refractivity contribution in [1.82, 2.24) is 9.88 Å². The zero-order valence-electron chi connectivity index (χ0n) is 19.7. The number of carbonyl (C=O) groups is 2. The third-order valence-corrected chi connectivity index (χ3v) is 7.20. The maximum Gasteiger partial charge on any atom is 0.407 e. The average molecular weight is 512 g/mol. The molecule has 0 radical (unpaired) electrons. The van der Waals surface area contributed by atoms with E-state index < -0.39 is 28.9 Å². The van der Waals surface area contributed by atoms with E-state index in [9.17, 15) is 14.4 Å². The number of fused-ring (bicyclic) bond motifs is 3. The summed E-state index contributed by atoms with van der Waals surface area (Å²) in [6, 6.07) is 0.895. The van der Waals surface area contributed by atoms with Gasteiger partial charge in [0.05, 0.1) is 44.7 Å². The molecule has 3 heterocycles. The van der Waals surface area contributed by atoms with Gasteiger partial charge in [-0.2, -0.15) is 0 Å². The molecule has 1 fully saturated rings. The van der Waals surface area contributed by atoms with Crippen molar-refractivity contribution in [1.29, 1.82) is 0 Å². The number of esters is 1. The summed E-state index contributed by atoms with van der Waals surface area (Å²) in [6.07, 6.45) is 0.0498. The van der Waals surface area contributed by atoms with Crippen LogP contribution in [0.2, 0.25) is 5.02 Å². The minimum absolute atomic E-state index is 0.0350. The van der Waals surface area contributed by atoms with E-state index in [-0.39, 0.29) is 39.7 Å². The Labute approximate surface area is 205 Å². The van der Waals surface area contributed by atoms with Crippen LogP contribution in [-0.2, 0) is 9.47 Å². The predicted molar refractivity (Wildman–Crippen MR) is 130 cm³/mol. The number of amides is 1. The summed E-state index contributed by atoms with van der Waals surface area (Å²) in [5.74, 6) is -1.39. The van der Waals surface area contributed by atoms with Gasteiger partial charge in [-0.1, -0.05) is 23.4 Å². The molecule has 1 saturated heterocycles. The van der Waals surface area contributed by atoms with Gasteiger partial charge in [-0.3, -0.25) is 4.79 Å². The standard InChI is InChI=1S/C23H27ClFN3O5S/c1-6-32-21(30)15-19(29)13-9-14(25)18(16(24)17(13)28-11(2)34-20(15)28)27-8-7-12(10-27)26-22(31)33-23(3,4)5/h9,11-12H,6-8,10H2,1-5H3,(H,26,31). The first-order valence-corrected chi connectivity index (χ1v) is 12.4. The van der Waals surface area contributed by atoms with Crippen molar-refractivity contribution in [3.05, 3.63) is 32.7 Å². The summed E-state index contributed by atoms with van der Waals surface area (Å²) in [5.41, 5.74) is -0.756. The van der Waals surface area contributed by atoms with Crippen molar-refractivity contribution in [3.63, 3.8) is 0 Å². The molecule has 2 atom stereocenters. The Morgan fingerprint density at radius 1 is 1.35 bits per heavy atom. The summed E-state index contributed by atoms with van der Waals surface area (Å²) in [4.78, 5) is 39.5. The van der Waals surface area contributed by atoms with Gasteiger partial charge < -0.3 is 24.3 Å². The minimum atomic E-state index is -0.728. The van der Waals surface area contributed by atoms with Crippen molar-refractivity contribution in [2.75, 3.05) is 24.6 Å². The number of aromatic nitrogens is 1. The Bertz CT molecular complexity index is 1240. The predicted octanol–water partition coefficient (Wildman–Crippen LogP) is 4.70. The van der Waals surface area contributed by atoms with E-state index >= 15 is 4.39 Å². The number of alkyl carbamates (subject to hydrolysis) is 1. The molecule has 184 valence electrons. The first kappa shape index (κ1) is 24.7. The Morgan fingerprint density at radius 2 is 2.06 bits per heavy atom. The van der Waals surface area contributed by atoms with Crippen LogP contribution in [0.1, 0.15) is 56.8 Å². The molecule has 4 rings (SSSR count). The molecule has 1 N–H and O–H groups in total. The van der Waals surface area contributed by atoms with E-state index in [1.54, 1.807) is 37.2 Å². The van der Waals surface area contributed by atoms with Crippen LogP contribution < -0.4 is 15.6 Å². The fourth-order valence-electron chi connectivity index (χ4n) is 4.32. The van der Waals surface area contributed by atoms with Crippen LogP contribution in [0.25, 0.3) is 10.9 Å². The van der Waals surface area contributed by atoms with Crippen molar-refractivity contribution in [3.8, 4) is 0 Å². The van der Waals surface area contributed by atoms with Gasteiger partial charge in [0.15, 0.2) is 0 Å². The van der Waals surface area contributed by atoms with Gasteiger partial charge in [-0.25, -0.2) is 14.0 Å². The highest BCUT2D eigenvalue weighted by Crippen LogP contribution is 2.49. The molecule has 1 amide bonds. The number of rotatable bonds is 4. The molecule has 1 aromatic heterocycles. The molecular weight excluding hydrogens is 485 g/mol. The second-order valence-electron chi connectivity index (χ2n) is 9.31. The highest BCUT2D eigenvalue weighted by Gasteiger charge is 2.36. The quantitative estimate of drug-likeness (QED) is 0.595. The van der Waals surface area contributed by atoms with Crippen molar-refractivity contribution in [2.24, 2.45) is 0 Å². The first-order valence-electron chi connectivity index (χ1n) is 11.1. The number of hydrogen-bond donors (Lipinski definition) is 1.